The van der Waals surface area contributed by atoms with Crippen LogP contribution in [-0.2, 0) is 11.3 Å². The molecule has 1 spiro atoms. The van der Waals surface area contributed by atoms with Crippen LogP contribution in [-0.4, -0.2) is 60.3 Å². The van der Waals surface area contributed by atoms with Gasteiger partial charge in [0.25, 0.3) is 5.91 Å². The zero-order valence-corrected chi connectivity index (χ0v) is 15.1. The molecule has 0 atom stereocenters. The lowest BCUT2D eigenvalue weighted by atomic mass is 9.75. The summed E-state index contributed by atoms with van der Waals surface area (Å²) in [6.07, 6.45) is 2.90. The lowest BCUT2D eigenvalue weighted by molar-refractivity contribution is -0.0272. The maximum Gasteiger partial charge on any atom is 0.407 e. The zero-order chi connectivity index (χ0) is 18.3. The molecule has 1 saturated carbocycles. The van der Waals surface area contributed by atoms with Crippen molar-refractivity contribution in [3.63, 3.8) is 0 Å². The number of amides is 2. The van der Waals surface area contributed by atoms with Gasteiger partial charge in [-0.1, -0.05) is 18.2 Å². The summed E-state index contributed by atoms with van der Waals surface area (Å²) in [5.41, 5.74) is 1.34. The first-order valence-corrected chi connectivity index (χ1v) is 8.96. The van der Waals surface area contributed by atoms with Crippen LogP contribution in [0.5, 0.6) is 0 Å². The lowest BCUT2D eigenvalue weighted by Crippen LogP contribution is -2.56. The molecule has 4 rings (SSSR count). The number of carbonyl (C=O) groups excluding carboxylic acids is 2. The Morgan fingerprint density at radius 1 is 1.38 bits per heavy atom. The molecule has 2 aromatic rings. The second-order valence-corrected chi connectivity index (χ2v) is 7.56. The average molecular weight is 356 g/mol. The van der Waals surface area contributed by atoms with Gasteiger partial charge >= 0.3 is 6.09 Å². The fraction of sp³-hybridized carbons (Fsp3) is 0.474. The predicted molar refractivity (Wildman–Crippen MR) is 98.2 cm³/mol. The van der Waals surface area contributed by atoms with Crippen molar-refractivity contribution in [3.8, 4) is 0 Å². The predicted octanol–water partition coefficient (Wildman–Crippen LogP) is 1.57. The van der Waals surface area contributed by atoms with Crippen LogP contribution in [0, 0.1) is 0 Å². The van der Waals surface area contributed by atoms with Gasteiger partial charge in [0.1, 0.15) is 5.60 Å². The Morgan fingerprint density at radius 2 is 2.15 bits per heavy atom. The highest BCUT2D eigenvalue weighted by molar-refractivity contribution is 6.07. The van der Waals surface area contributed by atoms with Crippen molar-refractivity contribution in [3.05, 3.63) is 36.0 Å². The van der Waals surface area contributed by atoms with Gasteiger partial charge in [-0.15, -0.1) is 0 Å². The lowest BCUT2D eigenvalue weighted by Gasteiger charge is -2.42. The fourth-order valence-corrected chi connectivity index (χ4v) is 3.85. The van der Waals surface area contributed by atoms with Crippen molar-refractivity contribution in [1.82, 2.24) is 20.1 Å². The Balaban J connectivity index is 1.48. The van der Waals surface area contributed by atoms with E-state index in [1.807, 2.05) is 44.6 Å². The molecule has 2 N–H and O–H groups in total. The minimum absolute atomic E-state index is 0.0408. The number of hydrogen-bond donors (Lipinski definition) is 2. The summed E-state index contributed by atoms with van der Waals surface area (Å²) in [6, 6.07) is 8.02. The number of alkyl carbamates (subject to hydrolysis) is 1. The van der Waals surface area contributed by atoms with E-state index in [0.717, 1.165) is 24.0 Å². The fourth-order valence-electron chi connectivity index (χ4n) is 3.85. The van der Waals surface area contributed by atoms with Gasteiger partial charge in [0.2, 0.25) is 0 Å². The SMILES string of the molecule is CN(C)CCn1cc(C(=O)NC2CC3(CNC(=O)O3)C2)c2ccccc21. The van der Waals surface area contributed by atoms with Gasteiger partial charge in [-0.25, -0.2) is 4.79 Å². The number of benzene rings is 1. The third kappa shape index (κ3) is 3.03. The molecule has 1 aliphatic heterocycles. The van der Waals surface area contributed by atoms with Crippen LogP contribution < -0.4 is 10.6 Å². The van der Waals surface area contributed by atoms with Gasteiger partial charge in [0.05, 0.1) is 12.1 Å². The smallest absolute Gasteiger partial charge is 0.407 e. The number of para-hydroxylation sites is 1. The summed E-state index contributed by atoms with van der Waals surface area (Å²) in [5, 5.41) is 6.74. The zero-order valence-electron chi connectivity index (χ0n) is 15.1. The van der Waals surface area contributed by atoms with Crippen LogP contribution in [0.15, 0.2) is 30.5 Å². The standard InChI is InChI=1S/C19H24N4O3/c1-22(2)7-8-23-11-15(14-5-3-4-6-16(14)23)17(24)21-13-9-19(10-13)12-20-18(25)26-19/h3-6,11,13H,7-10,12H2,1-2H3,(H,20,25)(H,21,24). The minimum atomic E-state index is -0.422. The number of nitrogens with zero attached hydrogens (tertiary/aromatic N) is 2. The quantitative estimate of drug-likeness (QED) is 0.853. The Labute approximate surface area is 152 Å². The summed E-state index contributed by atoms with van der Waals surface area (Å²) in [6.45, 7) is 2.26. The molecule has 2 heterocycles. The Hall–Kier alpha value is -2.54. The number of fused-ring (bicyclic) bond motifs is 1. The maximum atomic E-state index is 12.8. The summed E-state index contributed by atoms with van der Waals surface area (Å²) in [4.78, 5) is 26.2. The number of rotatable bonds is 5. The van der Waals surface area contributed by atoms with Crippen LogP contribution >= 0.6 is 0 Å². The number of ether oxygens (including phenoxy) is 1. The number of hydrogen-bond acceptors (Lipinski definition) is 4. The highest BCUT2D eigenvalue weighted by atomic mass is 16.6. The molecule has 0 radical (unpaired) electrons. The van der Waals surface area contributed by atoms with Gasteiger partial charge in [0, 0.05) is 49.1 Å². The molecule has 7 nitrogen and oxygen atoms in total. The second kappa shape index (κ2) is 6.32. The van der Waals surface area contributed by atoms with E-state index in [9.17, 15) is 9.59 Å². The number of carbonyl (C=O) groups is 2. The molecule has 138 valence electrons. The van der Waals surface area contributed by atoms with Crippen molar-refractivity contribution in [2.75, 3.05) is 27.2 Å². The van der Waals surface area contributed by atoms with Crippen LogP contribution in [0.25, 0.3) is 10.9 Å². The largest absolute Gasteiger partial charge is 0.441 e. The first-order valence-electron chi connectivity index (χ1n) is 8.96. The average Bonchev–Trinajstić information content (AvgIpc) is 3.14. The van der Waals surface area contributed by atoms with Gasteiger partial charge in [-0.3, -0.25) is 4.79 Å². The normalized spacial score (nSPS) is 24.6. The van der Waals surface area contributed by atoms with Gasteiger partial charge < -0.3 is 24.8 Å². The van der Waals surface area contributed by atoms with Gasteiger partial charge in [-0.2, -0.15) is 0 Å². The van der Waals surface area contributed by atoms with Crippen LogP contribution in [0.1, 0.15) is 23.2 Å². The molecule has 1 aliphatic carbocycles. The number of nitrogens with one attached hydrogen (secondary N) is 2. The first kappa shape index (κ1) is 16.9. The van der Waals surface area contributed by atoms with Crippen molar-refractivity contribution >= 4 is 22.9 Å². The summed E-state index contributed by atoms with van der Waals surface area (Å²) in [7, 11) is 4.08. The van der Waals surface area contributed by atoms with E-state index in [1.54, 1.807) is 0 Å². The summed E-state index contributed by atoms with van der Waals surface area (Å²) >= 11 is 0. The third-order valence-electron chi connectivity index (χ3n) is 5.26. The van der Waals surface area contributed by atoms with E-state index in [4.69, 9.17) is 4.74 Å². The molecule has 7 heteroatoms. The van der Waals surface area contributed by atoms with Crippen LogP contribution in [0.2, 0.25) is 0 Å². The monoisotopic (exact) mass is 356 g/mol. The Kier molecular flexibility index (Phi) is 4.11. The topological polar surface area (TPSA) is 75.6 Å². The van der Waals surface area contributed by atoms with E-state index >= 15 is 0 Å². The number of likely N-dealkylation sites (N-methyl/N-ethyl adjacent to an activating group) is 1. The van der Waals surface area contributed by atoms with E-state index in [2.05, 4.69) is 20.1 Å². The molecular formula is C19H24N4O3. The van der Waals surface area contributed by atoms with Crippen molar-refractivity contribution in [1.29, 1.82) is 0 Å². The van der Waals surface area contributed by atoms with Crippen molar-refractivity contribution in [2.24, 2.45) is 0 Å². The maximum absolute atomic E-state index is 12.8. The van der Waals surface area contributed by atoms with E-state index in [-0.39, 0.29) is 18.0 Å². The molecular weight excluding hydrogens is 332 g/mol. The molecule has 2 amide bonds. The summed E-state index contributed by atoms with van der Waals surface area (Å²) in [5.74, 6) is -0.0677. The molecule has 2 aliphatic rings. The Morgan fingerprint density at radius 3 is 2.85 bits per heavy atom. The minimum Gasteiger partial charge on any atom is -0.441 e. The van der Waals surface area contributed by atoms with E-state index in [1.165, 1.54) is 0 Å². The highest BCUT2D eigenvalue weighted by Gasteiger charge is 2.51. The second-order valence-electron chi connectivity index (χ2n) is 7.56. The molecule has 2 fully saturated rings. The molecule has 1 saturated heterocycles. The van der Waals surface area contributed by atoms with Crippen molar-refractivity contribution in [2.45, 2.75) is 31.0 Å². The number of aromatic nitrogens is 1. The molecule has 0 unspecified atom stereocenters. The summed E-state index contributed by atoms with van der Waals surface area (Å²) < 4.78 is 7.46. The molecule has 26 heavy (non-hydrogen) atoms. The third-order valence-corrected chi connectivity index (χ3v) is 5.26. The molecule has 1 aromatic carbocycles. The van der Waals surface area contributed by atoms with E-state index < -0.39 is 5.60 Å². The van der Waals surface area contributed by atoms with Gasteiger partial charge in [-0.05, 0) is 20.2 Å². The van der Waals surface area contributed by atoms with Gasteiger partial charge in [0.15, 0.2) is 0 Å². The van der Waals surface area contributed by atoms with E-state index in [0.29, 0.717) is 24.9 Å². The molecule has 1 aromatic heterocycles. The first-order chi connectivity index (χ1) is 12.5. The van der Waals surface area contributed by atoms with Crippen LogP contribution in [0.4, 0.5) is 4.79 Å². The van der Waals surface area contributed by atoms with Crippen molar-refractivity contribution < 1.29 is 14.3 Å². The van der Waals surface area contributed by atoms with Crippen LogP contribution in [0.3, 0.4) is 0 Å². The molecule has 0 bridgehead atoms. The Bertz CT molecular complexity index is 852. The highest BCUT2D eigenvalue weighted by Crippen LogP contribution is 2.38.